The average molecular weight is 252 g/mol. The van der Waals surface area contributed by atoms with Gasteiger partial charge in [-0.15, -0.1) is 0 Å². The molecule has 0 saturated carbocycles. The van der Waals surface area contributed by atoms with Gasteiger partial charge in [-0.05, 0) is 6.42 Å². The second-order valence-electron chi connectivity index (χ2n) is 3.99. The van der Waals surface area contributed by atoms with Crippen molar-refractivity contribution in [2.75, 3.05) is 6.61 Å². The summed E-state index contributed by atoms with van der Waals surface area (Å²) in [6.45, 7) is 2.63. The fourth-order valence-electron chi connectivity index (χ4n) is 1.60. The van der Waals surface area contributed by atoms with Gasteiger partial charge in [0.2, 0.25) is 0 Å². The highest BCUT2D eigenvalue weighted by Gasteiger charge is 1.91. The second-order valence-corrected chi connectivity index (χ2v) is 4.15. The zero-order chi connectivity index (χ0) is 12.5. The van der Waals surface area contributed by atoms with Gasteiger partial charge < -0.3 is 14.2 Å². The van der Waals surface area contributed by atoms with E-state index in [0.29, 0.717) is 6.61 Å². The van der Waals surface area contributed by atoms with Crippen molar-refractivity contribution in [2.45, 2.75) is 71.1 Å². The molecule has 100 valence electrons. The molecule has 0 radical (unpaired) electrons. The van der Waals surface area contributed by atoms with E-state index < -0.39 is 0 Å². The summed E-state index contributed by atoms with van der Waals surface area (Å²) in [6.07, 6.45) is 13.3. The lowest BCUT2D eigenvalue weighted by Gasteiger charge is -2.00. The van der Waals surface area contributed by atoms with Crippen molar-refractivity contribution < 1.29 is 14.2 Å². The molecule has 3 nitrogen and oxygen atoms in total. The van der Waals surface area contributed by atoms with Crippen LogP contribution in [0.25, 0.3) is 0 Å². The smallest absolute Gasteiger partial charge is 0.152 e. The molecule has 0 aromatic heterocycles. The lowest BCUT2D eigenvalue weighted by Crippen LogP contribution is -1.84. The fourth-order valence-corrected chi connectivity index (χ4v) is 1.60. The normalized spacial score (nSPS) is 9.75. The predicted octanol–water partition coefficient (Wildman–Crippen LogP) is 4.57. The van der Waals surface area contributed by atoms with Gasteiger partial charge in [0.05, 0.1) is 0 Å². The van der Waals surface area contributed by atoms with Crippen LogP contribution in [0, 0.1) is 0 Å². The van der Waals surface area contributed by atoms with Crippen LogP contribution in [0.1, 0.15) is 71.1 Å². The van der Waals surface area contributed by atoms with Crippen molar-refractivity contribution in [3.63, 3.8) is 0 Å². The molecule has 0 aromatic carbocycles. The molecule has 0 aliphatic carbocycles. The largest absolute Gasteiger partial charge is 0.396 e. The lowest BCUT2D eigenvalue weighted by atomic mass is 10.1. The maximum atomic E-state index is 8.57. The summed E-state index contributed by atoms with van der Waals surface area (Å²) < 4.78 is 14.1. The van der Waals surface area contributed by atoms with E-state index in [4.69, 9.17) is 14.2 Å². The molecule has 0 bridgehead atoms. The second kappa shape index (κ2) is 20.6. The Balaban J connectivity index is 0. The third kappa shape index (κ3) is 23.8. The van der Waals surface area contributed by atoms with Gasteiger partial charge in [0.25, 0.3) is 0 Å². The molecule has 0 aromatic rings. The third-order valence-electron chi connectivity index (χ3n) is 2.51. The zero-order valence-electron chi connectivity index (χ0n) is 10.5. The lowest BCUT2D eigenvalue weighted by molar-refractivity contribution is 0.282. The van der Waals surface area contributed by atoms with Crippen molar-refractivity contribution in [3.05, 3.63) is 0 Å². The molecule has 0 saturated heterocycles. The summed E-state index contributed by atoms with van der Waals surface area (Å²) in [5.74, 6) is 0. The molecule has 0 rings (SSSR count). The topological polar surface area (TPSA) is 60.7 Å². The molecular formula is C12H28O3S. The summed E-state index contributed by atoms with van der Waals surface area (Å²) >= 11 is -0.250. The minimum Gasteiger partial charge on any atom is -0.396 e. The first-order chi connectivity index (χ1) is 7.83. The minimum absolute atomic E-state index is 0.250. The Kier molecular flexibility index (Phi) is 24.0. The van der Waals surface area contributed by atoms with Crippen LogP contribution in [0.4, 0.5) is 0 Å². The van der Waals surface area contributed by atoms with Crippen LogP contribution in [-0.2, 0) is 0 Å². The van der Waals surface area contributed by atoms with E-state index in [1.807, 2.05) is 0 Å². The van der Waals surface area contributed by atoms with E-state index in [1.54, 1.807) is 0 Å². The summed E-state index contributed by atoms with van der Waals surface area (Å²) in [5.41, 5.74) is 0. The molecular weight excluding hydrogens is 224 g/mol. The summed E-state index contributed by atoms with van der Waals surface area (Å²) in [5, 5.41) is 8.57. The Morgan fingerprint density at radius 2 is 1.00 bits per heavy atom. The minimum atomic E-state index is -0.250. The van der Waals surface area contributed by atoms with Gasteiger partial charge in [0.1, 0.15) is 0 Å². The van der Waals surface area contributed by atoms with Gasteiger partial charge in [-0.1, -0.05) is 64.7 Å². The number of unbranched alkanes of at least 4 members (excludes halogenated alkanes) is 9. The van der Waals surface area contributed by atoms with Crippen LogP contribution in [0.2, 0.25) is 0 Å². The van der Waals surface area contributed by atoms with Crippen LogP contribution in [0.5, 0.6) is 0 Å². The van der Waals surface area contributed by atoms with Crippen molar-refractivity contribution in [1.82, 2.24) is 0 Å². The van der Waals surface area contributed by atoms with E-state index in [-0.39, 0.29) is 12.3 Å². The Hall–Kier alpha value is 0.230. The molecule has 16 heavy (non-hydrogen) atoms. The van der Waals surface area contributed by atoms with Crippen LogP contribution < -0.4 is 0 Å². The van der Waals surface area contributed by atoms with Crippen molar-refractivity contribution in [1.29, 1.82) is 0 Å². The molecule has 0 fully saturated rings. The standard InChI is InChI=1S/C12H26O.H2O2S/c1-2-3-4-5-6-7-8-9-10-11-12-13;1-3-2/h13H,2-12H2,1H3;1-2H. The van der Waals surface area contributed by atoms with E-state index in [2.05, 4.69) is 6.92 Å². The van der Waals surface area contributed by atoms with Gasteiger partial charge in [-0.3, -0.25) is 0 Å². The Morgan fingerprint density at radius 1 is 0.688 bits per heavy atom. The van der Waals surface area contributed by atoms with E-state index in [1.165, 1.54) is 57.8 Å². The molecule has 0 aliphatic heterocycles. The Morgan fingerprint density at radius 3 is 1.31 bits per heavy atom. The van der Waals surface area contributed by atoms with Gasteiger partial charge in [-0.2, -0.15) is 0 Å². The van der Waals surface area contributed by atoms with Gasteiger partial charge in [-0.25, -0.2) is 0 Å². The number of rotatable bonds is 10. The maximum Gasteiger partial charge on any atom is 0.152 e. The maximum absolute atomic E-state index is 8.57. The molecule has 3 N–H and O–H groups in total. The van der Waals surface area contributed by atoms with Crippen molar-refractivity contribution in [3.8, 4) is 0 Å². The first-order valence-electron chi connectivity index (χ1n) is 6.39. The highest BCUT2D eigenvalue weighted by Crippen LogP contribution is 2.09. The molecule has 0 spiro atoms. The molecule has 0 atom stereocenters. The number of hydrogen-bond donors (Lipinski definition) is 3. The van der Waals surface area contributed by atoms with E-state index >= 15 is 0 Å². The van der Waals surface area contributed by atoms with Crippen molar-refractivity contribution >= 4 is 12.3 Å². The first kappa shape index (κ1) is 18.6. The highest BCUT2D eigenvalue weighted by atomic mass is 32.2. The molecule has 0 heterocycles. The highest BCUT2D eigenvalue weighted by molar-refractivity contribution is 7.87. The van der Waals surface area contributed by atoms with Gasteiger partial charge >= 0.3 is 0 Å². The molecule has 0 unspecified atom stereocenters. The Bertz CT molecular complexity index is 92.3. The first-order valence-corrected chi connectivity index (χ1v) is 7.12. The number of hydrogen-bond acceptors (Lipinski definition) is 4. The third-order valence-corrected chi connectivity index (χ3v) is 2.51. The van der Waals surface area contributed by atoms with Crippen LogP contribution >= 0.6 is 12.3 Å². The van der Waals surface area contributed by atoms with Crippen LogP contribution in [-0.4, -0.2) is 20.8 Å². The molecule has 0 aliphatic rings. The Labute approximate surface area is 105 Å². The predicted molar refractivity (Wildman–Crippen MR) is 71.8 cm³/mol. The number of aliphatic hydroxyl groups excluding tert-OH is 1. The summed E-state index contributed by atoms with van der Waals surface area (Å²) in [6, 6.07) is 0. The zero-order valence-corrected chi connectivity index (χ0v) is 11.3. The molecule has 0 amide bonds. The summed E-state index contributed by atoms with van der Waals surface area (Å²) in [4.78, 5) is 0. The number of aliphatic hydroxyl groups is 1. The van der Waals surface area contributed by atoms with Crippen LogP contribution in [0.3, 0.4) is 0 Å². The summed E-state index contributed by atoms with van der Waals surface area (Å²) in [7, 11) is 0. The SMILES string of the molecule is CCCCCCCCCCCCO.OSO. The fraction of sp³-hybridized carbons (Fsp3) is 1.00. The van der Waals surface area contributed by atoms with Gasteiger partial charge in [0.15, 0.2) is 12.3 Å². The molecule has 4 heteroatoms. The van der Waals surface area contributed by atoms with Gasteiger partial charge in [0, 0.05) is 6.61 Å². The monoisotopic (exact) mass is 252 g/mol. The van der Waals surface area contributed by atoms with E-state index in [9.17, 15) is 0 Å². The van der Waals surface area contributed by atoms with Crippen LogP contribution in [0.15, 0.2) is 0 Å². The van der Waals surface area contributed by atoms with E-state index in [0.717, 1.165) is 6.42 Å². The average Bonchev–Trinajstić information content (AvgIpc) is 2.28. The quantitative estimate of drug-likeness (QED) is 0.394. The van der Waals surface area contributed by atoms with Crippen molar-refractivity contribution in [2.24, 2.45) is 0 Å².